The molecule has 4 nitrogen and oxygen atoms in total. The second-order valence-corrected chi connectivity index (χ2v) is 6.34. The summed E-state index contributed by atoms with van der Waals surface area (Å²) in [5.41, 5.74) is 6.40. The number of nitrogens with zero attached hydrogens (tertiary/aromatic N) is 2. The molecule has 1 fully saturated rings. The molecular formula is C13H21N3OS. The molecule has 0 aromatic carbocycles. The Morgan fingerprint density at radius 1 is 1.50 bits per heavy atom. The van der Waals surface area contributed by atoms with Crippen LogP contribution in [0.1, 0.15) is 48.0 Å². The molecule has 18 heavy (non-hydrogen) atoms. The van der Waals surface area contributed by atoms with Crippen LogP contribution >= 0.6 is 11.3 Å². The zero-order valence-electron chi connectivity index (χ0n) is 11.3. The molecule has 0 radical (unpaired) electrons. The molecule has 2 atom stereocenters. The van der Waals surface area contributed by atoms with Crippen molar-refractivity contribution in [2.75, 3.05) is 12.8 Å². The third-order valence-electron chi connectivity index (χ3n) is 3.78. The average Bonchev–Trinajstić information content (AvgIpc) is 2.66. The maximum absolute atomic E-state index is 12.4. The summed E-state index contributed by atoms with van der Waals surface area (Å²) in [4.78, 5) is 19.1. The van der Waals surface area contributed by atoms with Crippen molar-refractivity contribution in [1.29, 1.82) is 0 Å². The van der Waals surface area contributed by atoms with Crippen LogP contribution in [0.25, 0.3) is 0 Å². The Balaban J connectivity index is 2.11. The number of carbonyl (C=O) groups excluding carboxylic acids is 1. The highest BCUT2D eigenvalue weighted by atomic mass is 32.1. The number of rotatable bonds is 2. The fourth-order valence-electron chi connectivity index (χ4n) is 2.70. The van der Waals surface area contributed by atoms with Crippen molar-refractivity contribution in [3.8, 4) is 0 Å². The highest BCUT2D eigenvalue weighted by Crippen LogP contribution is 2.29. The Bertz CT molecular complexity index is 443. The van der Waals surface area contributed by atoms with Gasteiger partial charge >= 0.3 is 0 Å². The molecule has 1 saturated carbocycles. The number of amides is 1. The molecule has 1 aromatic heterocycles. The van der Waals surface area contributed by atoms with Crippen molar-refractivity contribution in [1.82, 2.24) is 9.88 Å². The van der Waals surface area contributed by atoms with E-state index >= 15 is 0 Å². The van der Waals surface area contributed by atoms with E-state index in [1.54, 1.807) is 0 Å². The molecule has 1 aliphatic rings. The minimum Gasteiger partial charge on any atom is -0.375 e. The summed E-state index contributed by atoms with van der Waals surface area (Å²) in [6.07, 6.45) is 4.72. The molecule has 1 heterocycles. The molecule has 1 aliphatic carbocycles. The van der Waals surface area contributed by atoms with Gasteiger partial charge in [-0.3, -0.25) is 4.79 Å². The number of thiazole rings is 1. The van der Waals surface area contributed by atoms with E-state index < -0.39 is 0 Å². The van der Waals surface area contributed by atoms with Crippen LogP contribution in [0.4, 0.5) is 5.13 Å². The van der Waals surface area contributed by atoms with Gasteiger partial charge in [-0.15, -0.1) is 0 Å². The summed E-state index contributed by atoms with van der Waals surface area (Å²) in [5, 5.41) is 0.473. The standard InChI is InChI=1S/C13H21N3OS/c1-8-5-4-6-10(7-8)16(3)12(17)11-9(2)15-13(14)18-11/h8,10H,4-7H2,1-3H3,(H2,14,15). The summed E-state index contributed by atoms with van der Waals surface area (Å²) in [7, 11) is 1.90. The van der Waals surface area contributed by atoms with Crippen molar-refractivity contribution in [3.63, 3.8) is 0 Å². The SMILES string of the molecule is Cc1nc(N)sc1C(=O)N(C)C1CCCC(C)C1. The molecule has 1 aromatic rings. The zero-order valence-corrected chi connectivity index (χ0v) is 12.1. The fraction of sp³-hybridized carbons (Fsp3) is 0.692. The Kier molecular flexibility index (Phi) is 3.90. The molecule has 0 aliphatic heterocycles. The van der Waals surface area contributed by atoms with E-state index in [0.29, 0.717) is 22.0 Å². The summed E-state index contributed by atoms with van der Waals surface area (Å²) in [5.74, 6) is 0.785. The smallest absolute Gasteiger partial charge is 0.265 e. The molecule has 2 N–H and O–H groups in total. The number of carbonyl (C=O) groups is 1. The first kappa shape index (κ1) is 13.3. The van der Waals surface area contributed by atoms with Gasteiger partial charge in [-0.2, -0.15) is 0 Å². The number of aromatic nitrogens is 1. The number of aryl methyl sites for hydroxylation is 1. The number of anilines is 1. The molecule has 5 heteroatoms. The normalized spacial score (nSPS) is 23.9. The summed E-state index contributed by atoms with van der Waals surface area (Å²) >= 11 is 1.29. The molecule has 100 valence electrons. The van der Waals surface area contributed by atoms with Gasteiger partial charge in [-0.1, -0.05) is 31.1 Å². The van der Waals surface area contributed by atoms with Crippen LogP contribution in [0.5, 0.6) is 0 Å². The Labute approximate surface area is 112 Å². The maximum atomic E-state index is 12.4. The van der Waals surface area contributed by atoms with Crippen LogP contribution in [0.15, 0.2) is 0 Å². The summed E-state index contributed by atoms with van der Waals surface area (Å²) in [6.45, 7) is 4.11. The Hall–Kier alpha value is -1.10. The van der Waals surface area contributed by atoms with Crippen molar-refractivity contribution in [2.45, 2.75) is 45.6 Å². The Morgan fingerprint density at radius 3 is 2.78 bits per heavy atom. The third-order valence-corrected chi connectivity index (χ3v) is 4.76. The van der Waals surface area contributed by atoms with Crippen LogP contribution in [-0.4, -0.2) is 28.9 Å². The van der Waals surface area contributed by atoms with Crippen LogP contribution in [-0.2, 0) is 0 Å². The lowest BCUT2D eigenvalue weighted by Crippen LogP contribution is -2.39. The van der Waals surface area contributed by atoms with Crippen LogP contribution in [0.2, 0.25) is 0 Å². The first-order valence-corrected chi connectivity index (χ1v) is 7.30. The van der Waals surface area contributed by atoms with Gasteiger partial charge in [0.15, 0.2) is 5.13 Å². The minimum absolute atomic E-state index is 0.0702. The predicted octanol–water partition coefficient (Wildman–Crippen LogP) is 2.68. The largest absolute Gasteiger partial charge is 0.375 e. The van der Waals surface area contributed by atoms with E-state index in [2.05, 4.69) is 11.9 Å². The maximum Gasteiger partial charge on any atom is 0.265 e. The number of hydrogen-bond acceptors (Lipinski definition) is 4. The lowest BCUT2D eigenvalue weighted by Gasteiger charge is -2.34. The minimum atomic E-state index is 0.0702. The average molecular weight is 267 g/mol. The molecule has 0 spiro atoms. The molecular weight excluding hydrogens is 246 g/mol. The van der Waals surface area contributed by atoms with Gasteiger partial charge in [-0.25, -0.2) is 4.98 Å². The number of nitrogens with two attached hydrogens (primary N) is 1. The quantitative estimate of drug-likeness (QED) is 0.896. The number of hydrogen-bond donors (Lipinski definition) is 1. The van der Waals surface area contributed by atoms with E-state index in [1.165, 1.54) is 24.2 Å². The van der Waals surface area contributed by atoms with Gasteiger partial charge in [0.1, 0.15) is 4.88 Å². The van der Waals surface area contributed by atoms with Crippen molar-refractivity contribution >= 4 is 22.4 Å². The fourth-order valence-corrected chi connectivity index (χ4v) is 3.51. The van der Waals surface area contributed by atoms with Gasteiger partial charge in [0.2, 0.25) is 0 Å². The summed E-state index contributed by atoms with van der Waals surface area (Å²) in [6, 6.07) is 0.365. The van der Waals surface area contributed by atoms with Crippen molar-refractivity contribution < 1.29 is 4.79 Å². The molecule has 0 bridgehead atoms. The molecule has 1 amide bonds. The van der Waals surface area contributed by atoms with Gasteiger partial charge in [0.05, 0.1) is 5.69 Å². The topological polar surface area (TPSA) is 59.2 Å². The van der Waals surface area contributed by atoms with E-state index in [1.807, 2.05) is 18.9 Å². The van der Waals surface area contributed by atoms with E-state index in [0.717, 1.165) is 18.5 Å². The van der Waals surface area contributed by atoms with Crippen molar-refractivity contribution in [2.24, 2.45) is 5.92 Å². The summed E-state index contributed by atoms with van der Waals surface area (Å²) < 4.78 is 0. The van der Waals surface area contributed by atoms with Gasteiger partial charge < -0.3 is 10.6 Å². The first-order chi connectivity index (χ1) is 8.49. The lowest BCUT2D eigenvalue weighted by atomic mass is 9.86. The molecule has 2 unspecified atom stereocenters. The zero-order chi connectivity index (χ0) is 13.3. The highest BCUT2D eigenvalue weighted by Gasteiger charge is 2.27. The van der Waals surface area contributed by atoms with Crippen LogP contribution in [0.3, 0.4) is 0 Å². The van der Waals surface area contributed by atoms with E-state index in [-0.39, 0.29) is 5.91 Å². The molecule has 2 rings (SSSR count). The third kappa shape index (κ3) is 2.66. The second kappa shape index (κ2) is 5.26. The van der Waals surface area contributed by atoms with E-state index in [4.69, 9.17) is 5.73 Å². The first-order valence-electron chi connectivity index (χ1n) is 6.49. The highest BCUT2D eigenvalue weighted by molar-refractivity contribution is 7.17. The van der Waals surface area contributed by atoms with E-state index in [9.17, 15) is 4.79 Å². The molecule has 0 saturated heterocycles. The monoisotopic (exact) mass is 267 g/mol. The predicted molar refractivity (Wildman–Crippen MR) is 74.8 cm³/mol. The lowest BCUT2D eigenvalue weighted by molar-refractivity contribution is 0.0676. The van der Waals surface area contributed by atoms with Crippen molar-refractivity contribution in [3.05, 3.63) is 10.6 Å². The van der Waals surface area contributed by atoms with Crippen LogP contribution < -0.4 is 5.73 Å². The number of nitrogen functional groups attached to an aromatic ring is 1. The second-order valence-electron chi connectivity index (χ2n) is 5.31. The van der Waals surface area contributed by atoms with Crippen LogP contribution in [0, 0.1) is 12.8 Å². The van der Waals surface area contributed by atoms with Gasteiger partial charge in [0, 0.05) is 13.1 Å². The Morgan fingerprint density at radius 2 is 2.22 bits per heavy atom. The van der Waals surface area contributed by atoms with Gasteiger partial charge in [0.25, 0.3) is 5.91 Å². The van der Waals surface area contributed by atoms with Gasteiger partial charge in [-0.05, 0) is 25.7 Å².